The van der Waals surface area contributed by atoms with Crippen molar-refractivity contribution in [3.05, 3.63) is 35.4 Å². The van der Waals surface area contributed by atoms with Crippen LogP contribution in [0.2, 0.25) is 0 Å². The lowest BCUT2D eigenvalue weighted by Crippen LogP contribution is -2.43. The Balaban J connectivity index is 3.32. The SMILES string of the molecule is COC(C)(CC(F)(F)C(F)(F)F)c1ccccc1C(C)=O. The van der Waals surface area contributed by atoms with E-state index in [1.807, 2.05) is 0 Å². The Morgan fingerprint density at radius 2 is 1.67 bits per heavy atom. The summed E-state index contributed by atoms with van der Waals surface area (Å²) in [7, 11) is 1.03. The maximum absolute atomic E-state index is 13.3. The third-order valence-electron chi connectivity index (χ3n) is 3.30. The summed E-state index contributed by atoms with van der Waals surface area (Å²) < 4.78 is 68.8. The predicted molar refractivity (Wildman–Crippen MR) is 66.4 cm³/mol. The van der Waals surface area contributed by atoms with Gasteiger partial charge in [-0.05, 0) is 19.4 Å². The topological polar surface area (TPSA) is 26.3 Å². The van der Waals surface area contributed by atoms with Gasteiger partial charge in [-0.15, -0.1) is 0 Å². The molecule has 0 aliphatic rings. The van der Waals surface area contributed by atoms with Crippen molar-refractivity contribution < 1.29 is 31.5 Å². The minimum absolute atomic E-state index is 0.00363. The number of Topliss-reactive ketones (excluding diaryl/α,β-unsaturated/α-hetero) is 1. The summed E-state index contributed by atoms with van der Waals surface area (Å²) in [5.74, 6) is -5.37. The number of alkyl halides is 5. The first-order valence-electron chi connectivity index (χ1n) is 6.05. The minimum Gasteiger partial charge on any atom is -0.374 e. The molecule has 0 bridgehead atoms. The fourth-order valence-electron chi connectivity index (χ4n) is 2.05. The van der Waals surface area contributed by atoms with Crippen molar-refractivity contribution in [2.75, 3.05) is 7.11 Å². The standard InChI is InChI=1S/C14H15F5O2/c1-9(20)10-6-4-5-7-11(10)12(2,21-3)8-13(15,16)14(17,18)19/h4-7H,8H2,1-3H3. The van der Waals surface area contributed by atoms with Gasteiger partial charge in [0.15, 0.2) is 5.78 Å². The Morgan fingerprint density at radius 1 is 1.14 bits per heavy atom. The number of ketones is 1. The van der Waals surface area contributed by atoms with Gasteiger partial charge in [0.2, 0.25) is 0 Å². The van der Waals surface area contributed by atoms with Gasteiger partial charge < -0.3 is 4.74 Å². The fraction of sp³-hybridized carbons (Fsp3) is 0.500. The third-order valence-corrected chi connectivity index (χ3v) is 3.30. The Bertz CT molecular complexity index is 524. The van der Waals surface area contributed by atoms with Crippen LogP contribution in [-0.2, 0) is 10.3 Å². The molecule has 0 saturated heterocycles. The van der Waals surface area contributed by atoms with Crippen LogP contribution in [0.4, 0.5) is 22.0 Å². The average molecular weight is 310 g/mol. The largest absolute Gasteiger partial charge is 0.453 e. The molecule has 1 aromatic rings. The molecule has 0 aliphatic carbocycles. The van der Waals surface area contributed by atoms with Gasteiger partial charge in [-0.2, -0.15) is 22.0 Å². The maximum Gasteiger partial charge on any atom is 0.453 e. The van der Waals surface area contributed by atoms with E-state index in [1.165, 1.54) is 31.2 Å². The van der Waals surface area contributed by atoms with Crippen molar-refractivity contribution in [2.24, 2.45) is 0 Å². The zero-order valence-corrected chi connectivity index (χ0v) is 11.7. The quantitative estimate of drug-likeness (QED) is 0.597. The molecule has 0 aliphatic heterocycles. The number of methoxy groups -OCH3 is 1. The second-order valence-electron chi connectivity index (χ2n) is 4.92. The first-order chi connectivity index (χ1) is 9.44. The molecule has 2 nitrogen and oxygen atoms in total. The van der Waals surface area contributed by atoms with Crippen LogP contribution in [0.25, 0.3) is 0 Å². The minimum atomic E-state index is -5.68. The summed E-state index contributed by atoms with van der Waals surface area (Å²) in [6.07, 6.45) is -7.29. The molecule has 0 aromatic heterocycles. The van der Waals surface area contributed by atoms with E-state index in [-0.39, 0.29) is 11.1 Å². The van der Waals surface area contributed by atoms with Crippen molar-refractivity contribution in [1.29, 1.82) is 0 Å². The highest BCUT2D eigenvalue weighted by atomic mass is 19.4. The van der Waals surface area contributed by atoms with E-state index in [9.17, 15) is 26.7 Å². The van der Waals surface area contributed by atoms with Crippen molar-refractivity contribution in [2.45, 2.75) is 38.0 Å². The summed E-state index contributed by atoms with van der Waals surface area (Å²) in [6, 6.07) is 5.62. The van der Waals surface area contributed by atoms with E-state index in [2.05, 4.69) is 0 Å². The molecule has 1 aromatic carbocycles. The Kier molecular flexibility index (Phi) is 4.77. The fourth-order valence-corrected chi connectivity index (χ4v) is 2.05. The van der Waals surface area contributed by atoms with Crippen LogP contribution in [-0.4, -0.2) is 25.0 Å². The number of carbonyl (C=O) groups excluding carboxylic acids is 1. The zero-order valence-electron chi connectivity index (χ0n) is 11.7. The van der Waals surface area contributed by atoms with Crippen LogP contribution in [0, 0.1) is 0 Å². The van der Waals surface area contributed by atoms with Gasteiger partial charge in [0.1, 0.15) is 0 Å². The molecule has 0 heterocycles. The van der Waals surface area contributed by atoms with Gasteiger partial charge in [0, 0.05) is 12.7 Å². The molecule has 1 rings (SSSR count). The molecule has 0 amide bonds. The van der Waals surface area contributed by atoms with Crippen LogP contribution < -0.4 is 0 Å². The number of halogens is 5. The molecule has 118 valence electrons. The predicted octanol–water partition coefficient (Wildman–Crippen LogP) is 4.34. The molecule has 1 unspecified atom stereocenters. The second kappa shape index (κ2) is 5.71. The van der Waals surface area contributed by atoms with Gasteiger partial charge in [0.25, 0.3) is 0 Å². The summed E-state index contributed by atoms with van der Waals surface area (Å²) in [4.78, 5) is 11.5. The molecule has 0 N–H and O–H groups in total. The monoisotopic (exact) mass is 310 g/mol. The van der Waals surface area contributed by atoms with E-state index in [0.717, 1.165) is 14.0 Å². The van der Waals surface area contributed by atoms with E-state index in [0.29, 0.717) is 0 Å². The maximum atomic E-state index is 13.3. The Morgan fingerprint density at radius 3 is 2.10 bits per heavy atom. The molecule has 1 atom stereocenters. The summed E-state index contributed by atoms with van der Waals surface area (Å²) in [6.45, 7) is 2.31. The lowest BCUT2D eigenvalue weighted by atomic mass is 9.85. The van der Waals surface area contributed by atoms with E-state index in [4.69, 9.17) is 4.74 Å². The van der Waals surface area contributed by atoms with Gasteiger partial charge in [-0.3, -0.25) is 4.79 Å². The highest BCUT2D eigenvalue weighted by Crippen LogP contribution is 2.45. The molecule has 21 heavy (non-hydrogen) atoms. The van der Waals surface area contributed by atoms with Crippen molar-refractivity contribution in [3.63, 3.8) is 0 Å². The van der Waals surface area contributed by atoms with Gasteiger partial charge >= 0.3 is 12.1 Å². The molecular formula is C14H15F5O2. The summed E-state index contributed by atoms with van der Waals surface area (Å²) in [5, 5.41) is 0. The number of hydrogen-bond acceptors (Lipinski definition) is 2. The summed E-state index contributed by atoms with van der Waals surface area (Å²) in [5.41, 5.74) is -1.88. The van der Waals surface area contributed by atoms with Crippen molar-refractivity contribution in [1.82, 2.24) is 0 Å². The highest BCUT2D eigenvalue weighted by Gasteiger charge is 2.60. The number of ether oxygens (including phenoxy) is 1. The molecule has 0 spiro atoms. The lowest BCUT2D eigenvalue weighted by Gasteiger charge is -2.34. The van der Waals surface area contributed by atoms with Crippen molar-refractivity contribution in [3.8, 4) is 0 Å². The molecule has 0 radical (unpaired) electrons. The van der Waals surface area contributed by atoms with Crippen LogP contribution in [0.1, 0.15) is 36.2 Å². The molecular weight excluding hydrogens is 295 g/mol. The van der Waals surface area contributed by atoms with Gasteiger partial charge in [-0.25, -0.2) is 0 Å². The smallest absolute Gasteiger partial charge is 0.374 e. The average Bonchev–Trinajstić information content (AvgIpc) is 2.36. The second-order valence-corrected chi connectivity index (χ2v) is 4.92. The Hall–Kier alpha value is -1.50. The van der Waals surface area contributed by atoms with Crippen molar-refractivity contribution >= 4 is 5.78 Å². The highest BCUT2D eigenvalue weighted by molar-refractivity contribution is 5.95. The zero-order chi connectivity index (χ0) is 16.5. The van der Waals surface area contributed by atoms with E-state index >= 15 is 0 Å². The van der Waals surface area contributed by atoms with Crippen LogP contribution in [0.15, 0.2) is 24.3 Å². The number of benzene rings is 1. The number of rotatable bonds is 5. The first kappa shape index (κ1) is 17.6. The molecule has 0 saturated carbocycles. The summed E-state index contributed by atoms with van der Waals surface area (Å²) >= 11 is 0. The molecule has 7 heteroatoms. The normalized spacial score (nSPS) is 15.6. The number of hydrogen-bond donors (Lipinski definition) is 0. The van der Waals surface area contributed by atoms with E-state index in [1.54, 1.807) is 0 Å². The van der Waals surface area contributed by atoms with Crippen LogP contribution in [0.3, 0.4) is 0 Å². The van der Waals surface area contributed by atoms with Crippen LogP contribution in [0.5, 0.6) is 0 Å². The number of carbonyl (C=O) groups is 1. The first-order valence-corrected chi connectivity index (χ1v) is 6.05. The van der Waals surface area contributed by atoms with Crippen LogP contribution >= 0.6 is 0 Å². The van der Waals surface area contributed by atoms with Gasteiger partial charge in [-0.1, -0.05) is 24.3 Å². The molecule has 0 fully saturated rings. The van der Waals surface area contributed by atoms with E-state index < -0.39 is 29.9 Å². The third kappa shape index (κ3) is 3.58. The Labute approximate surface area is 118 Å². The van der Waals surface area contributed by atoms with Gasteiger partial charge in [0.05, 0.1) is 12.0 Å². The lowest BCUT2D eigenvalue weighted by molar-refractivity contribution is -0.298.